The highest BCUT2D eigenvalue weighted by atomic mass is 16.6. The molecule has 6 nitrogen and oxygen atoms in total. The van der Waals surface area contributed by atoms with Crippen molar-refractivity contribution in [1.82, 2.24) is 0 Å². The molecular formula is C14H18N2O4. The summed E-state index contributed by atoms with van der Waals surface area (Å²) in [5.41, 5.74) is 1.45. The largest absolute Gasteiger partial charge is 0.463 e. The maximum Gasteiger partial charge on any atom is 0.332 e. The van der Waals surface area contributed by atoms with Gasteiger partial charge in [-0.15, -0.1) is 0 Å². The van der Waals surface area contributed by atoms with E-state index >= 15 is 0 Å². The lowest BCUT2D eigenvalue weighted by molar-refractivity contribution is -0.384. The summed E-state index contributed by atoms with van der Waals surface area (Å²) in [6, 6.07) is 6.03. The quantitative estimate of drug-likeness (QED) is 0.358. The number of benzene rings is 1. The number of ether oxygens (including phenoxy) is 1. The standard InChI is InChI=1S/C14H18N2O4/c1-3-5-12(10-14(17)20-4-2)15-11-6-8-13(9-7-11)16(18)19/h6-10,15H,3-5H2,1-2H3/b12-10+. The molecule has 0 spiro atoms. The number of carbonyl (C=O) groups is 1. The monoisotopic (exact) mass is 278 g/mol. The maximum absolute atomic E-state index is 11.4. The van der Waals surface area contributed by atoms with E-state index in [4.69, 9.17) is 4.74 Å². The highest BCUT2D eigenvalue weighted by Crippen LogP contribution is 2.18. The number of nitrogens with one attached hydrogen (secondary N) is 1. The fraction of sp³-hybridized carbons (Fsp3) is 0.357. The van der Waals surface area contributed by atoms with Crippen LogP contribution in [0.25, 0.3) is 0 Å². The van der Waals surface area contributed by atoms with Gasteiger partial charge in [-0.2, -0.15) is 0 Å². The van der Waals surface area contributed by atoms with Gasteiger partial charge in [0.15, 0.2) is 0 Å². The topological polar surface area (TPSA) is 81.5 Å². The van der Waals surface area contributed by atoms with Crippen molar-refractivity contribution in [2.45, 2.75) is 26.7 Å². The van der Waals surface area contributed by atoms with Crippen LogP contribution in [0.5, 0.6) is 0 Å². The van der Waals surface area contributed by atoms with Gasteiger partial charge in [-0.1, -0.05) is 13.3 Å². The fourth-order valence-corrected chi connectivity index (χ4v) is 1.62. The average molecular weight is 278 g/mol. The number of hydrogen-bond donors (Lipinski definition) is 1. The normalized spacial score (nSPS) is 11.0. The molecule has 0 aromatic heterocycles. The second-order valence-corrected chi connectivity index (χ2v) is 4.10. The van der Waals surface area contributed by atoms with E-state index in [2.05, 4.69) is 5.32 Å². The molecule has 0 unspecified atom stereocenters. The molecule has 0 amide bonds. The number of esters is 1. The zero-order valence-corrected chi connectivity index (χ0v) is 11.6. The molecule has 1 N–H and O–H groups in total. The summed E-state index contributed by atoms with van der Waals surface area (Å²) in [6.07, 6.45) is 2.97. The number of nitrogens with zero attached hydrogens (tertiary/aromatic N) is 1. The van der Waals surface area contributed by atoms with Crippen LogP contribution < -0.4 is 5.32 Å². The Morgan fingerprint density at radius 2 is 2.00 bits per heavy atom. The first kappa shape index (κ1) is 15.7. The van der Waals surface area contributed by atoms with E-state index in [-0.39, 0.29) is 5.69 Å². The van der Waals surface area contributed by atoms with Crippen molar-refractivity contribution in [3.8, 4) is 0 Å². The Morgan fingerprint density at radius 1 is 1.35 bits per heavy atom. The highest BCUT2D eigenvalue weighted by molar-refractivity contribution is 5.83. The van der Waals surface area contributed by atoms with E-state index in [1.54, 1.807) is 19.1 Å². The van der Waals surface area contributed by atoms with Crippen LogP contribution in [0.3, 0.4) is 0 Å². The molecule has 0 saturated heterocycles. The number of nitro benzene ring substituents is 1. The Balaban J connectivity index is 2.79. The number of anilines is 1. The van der Waals surface area contributed by atoms with Gasteiger partial charge in [-0.05, 0) is 25.5 Å². The summed E-state index contributed by atoms with van der Waals surface area (Å²) < 4.78 is 4.86. The molecule has 0 aliphatic carbocycles. The molecule has 0 radical (unpaired) electrons. The number of carbonyl (C=O) groups excluding carboxylic acids is 1. The zero-order chi connectivity index (χ0) is 15.0. The number of hydrogen-bond acceptors (Lipinski definition) is 5. The lowest BCUT2D eigenvalue weighted by Gasteiger charge is -2.10. The third-order valence-corrected chi connectivity index (χ3v) is 2.48. The second kappa shape index (κ2) is 7.93. The van der Waals surface area contributed by atoms with Crippen molar-refractivity contribution >= 4 is 17.3 Å². The van der Waals surface area contributed by atoms with Crippen molar-refractivity contribution in [2.24, 2.45) is 0 Å². The van der Waals surface area contributed by atoms with Gasteiger partial charge in [-0.25, -0.2) is 4.79 Å². The molecule has 0 aliphatic heterocycles. The molecule has 0 atom stereocenters. The van der Waals surface area contributed by atoms with Crippen LogP contribution >= 0.6 is 0 Å². The molecule has 1 aromatic rings. The average Bonchev–Trinajstić information content (AvgIpc) is 2.39. The number of allylic oxidation sites excluding steroid dienone is 1. The van der Waals surface area contributed by atoms with Gasteiger partial charge in [-0.3, -0.25) is 10.1 Å². The van der Waals surface area contributed by atoms with Crippen LogP contribution in [0.4, 0.5) is 11.4 Å². The van der Waals surface area contributed by atoms with Crippen LogP contribution in [0.1, 0.15) is 26.7 Å². The summed E-state index contributed by atoms with van der Waals surface area (Å²) >= 11 is 0. The van der Waals surface area contributed by atoms with E-state index < -0.39 is 10.9 Å². The summed E-state index contributed by atoms with van der Waals surface area (Å²) in [5, 5.41) is 13.6. The predicted octanol–water partition coefficient (Wildman–Crippen LogP) is 3.25. The van der Waals surface area contributed by atoms with Gasteiger partial charge < -0.3 is 10.1 Å². The molecule has 108 valence electrons. The highest BCUT2D eigenvalue weighted by Gasteiger charge is 2.06. The van der Waals surface area contributed by atoms with Crippen molar-refractivity contribution < 1.29 is 14.5 Å². The Labute approximate surface area is 117 Å². The first-order valence-corrected chi connectivity index (χ1v) is 6.45. The van der Waals surface area contributed by atoms with Crippen LogP contribution in [-0.4, -0.2) is 17.5 Å². The second-order valence-electron chi connectivity index (χ2n) is 4.10. The van der Waals surface area contributed by atoms with Gasteiger partial charge >= 0.3 is 5.97 Å². The van der Waals surface area contributed by atoms with Crippen LogP contribution in [0.2, 0.25) is 0 Å². The lowest BCUT2D eigenvalue weighted by Crippen LogP contribution is -2.06. The molecule has 0 fully saturated rings. The van der Waals surface area contributed by atoms with Gasteiger partial charge in [0.2, 0.25) is 0 Å². The molecular weight excluding hydrogens is 260 g/mol. The first-order valence-electron chi connectivity index (χ1n) is 6.45. The van der Waals surface area contributed by atoms with E-state index in [1.807, 2.05) is 6.92 Å². The SMILES string of the molecule is CCC/C(=C\C(=O)OCC)Nc1ccc([N+](=O)[O-])cc1. The van der Waals surface area contributed by atoms with Gasteiger partial charge in [0.25, 0.3) is 5.69 Å². The predicted molar refractivity (Wildman–Crippen MR) is 76.3 cm³/mol. The minimum absolute atomic E-state index is 0.0296. The number of rotatable bonds is 7. The van der Waals surface area contributed by atoms with E-state index in [9.17, 15) is 14.9 Å². The number of non-ortho nitro benzene ring substituents is 1. The third kappa shape index (κ3) is 5.09. The molecule has 1 aromatic carbocycles. The molecule has 1 rings (SSSR count). The molecule has 20 heavy (non-hydrogen) atoms. The minimum atomic E-state index is -0.453. The van der Waals surface area contributed by atoms with Crippen molar-refractivity contribution in [3.05, 3.63) is 46.2 Å². The molecule has 0 heterocycles. The van der Waals surface area contributed by atoms with Crippen LogP contribution in [-0.2, 0) is 9.53 Å². The summed E-state index contributed by atoms with van der Waals surface area (Å²) in [6.45, 7) is 4.07. The van der Waals surface area contributed by atoms with Crippen molar-refractivity contribution in [3.63, 3.8) is 0 Å². The molecule has 0 saturated carbocycles. The van der Waals surface area contributed by atoms with Gasteiger partial charge in [0, 0.05) is 29.6 Å². The fourth-order valence-electron chi connectivity index (χ4n) is 1.62. The van der Waals surface area contributed by atoms with Crippen molar-refractivity contribution in [1.29, 1.82) is 0 Å². The van der Waals surface area contributed by atoms with Crippen molar-refractivity contribution in [2.75, 3.05) is 11.9 Å². The van der Waals surface area contributed by atoms with Gasteiger partial charge in [0.05, 0.1) is 11.5 Å². The van der Waals surface area contributed by atoms with Gasteiger partial charge in [0.1, 0.15) is 0 Å². The summed E-state index contributed by atoms with van der Waals surface area (Å²) in [4.78, 5) is 21.5. The van der Waals surface area contributed by atoms with Crippen LogP contribution in [0.15, 0.2) is 36.0 Å². The Morgan fingerprint density at radius 3 is 2.50 bits per heavy atom. The Kier molecular flexibility index (Phi) is 6.22. The smallest absolute Gasteiger partial charge is 0.332 e. The Bertz CT molecular complexity index is 494. The molecule has 0 bridgehead atoms. The third-order valence-electron chi connectivity index (χ3n) is 2.48. The minimum Gasteiger partial charge on any atom is -0.463 e. The summed E-state index contributed by atoms with van der Waals surface area (Å²) in [7, 11) is 0. The van der Waals surface area contributed by atoms with E-state index in [1.165, 1.54) is 18.2 Å². The lowest BCUT2D eigenvalue weighted by atomic mass is 10.2. The Hall–Kier alpha value is -2.37. The first-order chi connectivity index (χ1) is 9.56. The van der Waals surface area contributed by atoms with Crippen LogP contribution in [0, 0.1) is 10.1 Å². The van der Waals surface area contributed by atoms with E-state index in [0.717, 1.165) is 12.1 Å². The molecule has 0 aliphatic rings. The van der Waals surface area contributed by atoms with E-state index in [0.29, 0.717) is 18.7 Å². The summed E-state index contributed by atoms with van der Waals surface area (Å²) in [5.74, 6) is -0.398. The zero-order valence-electron chi connectivity index (χ0n) is 11.6. The number of nitro groups is 1. The molecule has 6 heteroatoms. The maximum atomic E-state index is 11.4.